The van der Waals surface area contributed by atoms with Crippen LogP contribution in [0.4, 0.5) is 0 Å². The highest BCUT2D eigenvalue weighted by Gasteiger charge is 2.15. The second kappa shape index (κ2) is 5.70. The molecule has 0 aliphatic heterocycles. The van der Waals surface area contributed by atoms with E-state index >= 15 is 0 Å². The number of nitrogens with two attached hydrogens (primary N) is 1. The number of aromatic nitrogens is 1. The first-order valence-corrected chi connectivity index (χ1v) is 5.72. The molecule has 1 rings (SSSR count). The average molecular weight is 223 g/mol. The lowest BCUT2D eigenvalue weighted by atomic mass is 9.98. The van der Waals surface area contributed by atoms with Crippen LogP contribution >= 0.6 is 0 Å². The summed E-state index contributed by atoms with van der Waals surface area (Å²) < 4.78 is 1.82. The van der Waals surface area contributed by atoms with Gasteiger partial charge in [-0.25, -0.2) is 0 Å². The molecular formula is C12H21N3O. The van der Waals surface area contributed by atoms with Crippen LogP contribution in [0.15, 0.2) is 18.5 Å². The number of nitrogens with one attached hydrogen (secondary N) is 1. The first-order valence-electron chi connectivity index (χ1n) is 5.72. The molecule has 0 bridgehead atoms. The molecule has 90 valence electrons. The van der Waals surface area contributed by atoms with Gasteiger partial charge in [-0.3, -0.25) is 4.79 Å². The topological polar surface area (TPSA) is 60.1 Å². The molecule has 1 heterocycles. The summed E-state index contributed by atoms with van der Waals surface area (Å²) in [6, 6.07) is 2.37. The summed E-state index contributed by atoms with van der Waals surface area (Å²) in [5.74, 6) is 0.205. The fourth-order valence-corrected chi connectivity index (χ4v) is 1.88. The lowest BCUT2D eigenvalue weighted by molar-refractivity contribution is -0.118. The van der Waals surface area contributed by atoms with Crippen molar-refractivity contribution in [3.8, 4) is 0 Å². The number of hydrogen-bond donors (Lipinski definition) is 2. The fourth-order valence-electron chi connectivity index (χ4n) is 1.88. The second-order valence-corrected chi connectivity index (χ2v) is 4.36. The Hall–Kier alpha value is -1.29. The highest BCUT2D eigenvalue weighted by molar-refractivity contribution is 5.73. The van der Waals surface area contributed by atoms with Gasteiger partial charge in [0, 0.05) is 18.4 Å². The smallest absolute Gasteiger partial charge is 0.237 e. The zero-order chi connectivity index (χ0) is 12.1. The zero-order valence-electron chi connectivity index (χ0n) is 10.2. The molecule has 1 amide bonds. The summed E-state index contributed by atoms with van der Waals surface area (Å²) in [6.45, 7) is 7.63. The van der Waals surface area contributed by atoms with Gasteiger partial charge in [0.1, 0.15) is 6.54 Å². The molecule has 1 unspecified atom stereocenters. The van der Waals surface area contributed by atoms with E-state index in [0.717, 1.165) is 6.54 Å². The van der Waals surface area contributed by atoms with Crippen LogP contribution in [-0.2, 0) is 11.3 Å². The van der Waals surface area contributed by atoms with Crippen LogP contribution in [0, 0.1) is 5.92 Å². The maximum Gasteiger partial charge on any atom is 0.237 e. The van der Waals surface area contributed by atoms with E-state index in [2.05, 4.69) is 26.1 Å². The fraction of sp³-hybridized carbons (Fsp3) is 0.583. The average Bonchev–Trinajstić information content (AvgIpc) is 2.60. The zero-order valence-corrected chi connectivity index (χ0v) is 10.2. The molecule has 0 saturated carbocycles. The molecule has 0 fully saturated rings. The van der Waals surface area contributed by atoms with E-state index in [4.69, 9.17) is 5.73 Å². The van der Waals surface area contributed by atoms with E-state index < -0.39 is 0 Å². The van der Waals surface area contributed by atoms with Gasteiger partial charge in [0.05, 0.1) is 0 Å². The first kappa shape index (κ1) is 12.8. The van der Waals surface area contributed by atoms with Gasteiger partial charge < -0.3 is 15.6 Å². The van der Waals surface area contributed by atoms with Crippen molar-refractivity contribution in [2.75, 3.05) is 6.54 Å². The molecule has 0 aliphatic rings. The van der Waals surface area contributed by atoms with Gasteiger partial charge in [0.25, 0.3) is 0 Å². The van der Waals surface area contributed by atoms with Crippen molar-refractivity contribution in [3.05, 3.63) is 24.0 Å². The first-order chi connectivity index (χ1) is 7.54. The van der Waals surface area contributed by atoms with Gasteiger partial charge in [-0.05, 0) is 24.1 Å². The van der Waals surface area contributed by atoms with Crippen molar-refractivity contribution in [1.82, 2.24) is 9.88 Å². The molecule has 3 N–H and O–H groups in total. The standard InChI is InChI=1S/C12H21N3O/c1-4-14-12(9(2)3)10-5-6-15(7-10)8-11(13)16/h5-7,9,12,14H,4,8H2,1-3H3,(H2,13,16). The van der Waals surface area contributed by atoms with Crippen molar-refractivity contribution in [2.24, 2.45) is 11.7 Å². The van der Waals surface area contributed by atoms with E-state index in [1.165, 1.54) is 5.56 Å². The SMILES string of the molecule is CCNC(c1ccn(CC(N)=O)c1)C(C)C. The number of amides is 1. The maximum atomic E-state index is 10.8. The third kappa shape index (κ3) is 3.38. The highest BCUT2D eigenvalue weighted by atomic mass is 16.1. The van der Waals surface area contributed by atoms with Crippen LogP contribution in [0.25, 0.3) is 0 Å². The number of primary amides is 1. The monoisotopic (exact) mass is 223 g/mol. The lowest BCUT2D eigenvalue weighted by Crippen LogP contribution is -2.25. The molecule has 1 atom stereocenters. The van der Waals surface area contributed by atoms with Gasteiger partial charge in [-0.2, -0.15) is 0 Å². The Bertz CT molecular complexity index is 344. The molecular weight excluding hydrogens is 202 g/mol. The quantitative estimate of drug-likeness (QED) is 0.763. The van der Waals surface area contributed by atoms with Crippen LogP contribution < -0.4 is 11.1 Å². The number of carbonyl (C=O) groups excluding carboxylic acids is 1. The van der Waals surface area contributed by atoms with Gasteiger partial charge in [-0.1, -0.05) is 20.8 Å². The lowest BCUT2D eigenvalue weighted by Gasteiger charge is -2.20. The second-order valence-electron chi connectivity index (χ2n) is 4.36. The van der Waals surface area contributed by atoms with Crippen molar-refractivity contribution >= 4 is 5.91 Å². The van der Waals surface area contributed by atoms with Crippen LogP contribution in [-0.4, -0.2) is 17.0 Å². The van der Waals surface area contributed by atoms with Gasteiger partial charge in [0.2, 0.25) is 5.91 Å². The summed E-state index contributed by atoms with van der Waals surface area (Å²) >= 11 is 0. The minimum atomic E-state index is -0.313. The molecule has 0 aromatic carbocycles. The number of carbonyl (C=O) groups is 1. The van der Waals surface area contributed by atoms with Crippen molar-refractivity contribution < 1.29 is 4.79 Å². The molecule has 4 nitrogen and oxygen atoms in total. The van der Waals surface area contributed by atoms with E-state index in [-0.39, 0.29) is 12.5 Å². The van der Waals surface area contributed by atoms with Gasteiger partial charge in [-0.15, -0.1) is 0 Å². The van der Waals surface area contributed by atoms with Gasteiger partial charge in [0.15, 0.2) is 0 Å². The van der Waals surface area contributed by atoms with Crippen LogP contribution in [0.5, 0.6) is 0 Å². The minimum absolute atomic E-state index is 0.247. The molecule has 16 heavy (non-hydrogen) atoms. The molecule has 1 aromatic rings. The Balaban J connectivity index is 2.77. The molecule has 0 saturated heterocycles. The Morgan fingerprint density at radius 3 is 2.75 bits per heavy atom. The van der Waals surface area contributed by atoms with E-state index in [0.29, 0.717) is 12.0 Å². The number of nitrogens with zero attached hydrogens (tertiary/aromatic N) is 1. The Morgan fingerprint density at radius 2 is 2.25 bits per heavy atom. The third-order valence-corrected chi connectivity index (χ3v) is 2.56. The van der Waals surface area contributed by atoms with Crippen LogP contribution in [0.2, 0.25) is 0 Å². The Labute approximate surface area is 96.8 Å². The summed E-state index contributed by atoms with van der Waals surface area (Å²) in [6.07, 6.45) is 3.88. The summed E-state index contributed by atoms with van der Waals surface area (Å²) in [5.41, 5.74) is 6.36. The largest absolute Gasteiger partial charge is 0.368 e. The number of hydrogen-bond acceptors (Lipinski definition) is 2. The van der Waals surface area contributed by atoms with E-state index in [1.54, 1.807) is 0 Å². The van der Waals surface area contributed by atoms with Crippen molar-refractivity contribution in [1.29, 1.82) is 0 Å². The molecule has 0 radical (unpaired) electrons. The molecule has 1 aromatic heterocycles. The van der Waals surface area contributed by atoms with E-state index in [1.807, 2.05) is 23.0 Å². The molecule has 0 spiro atoms. The normalized spacial score (nSPS) is 13.0. The van der Waals surface area contributed by atoms with E-state index in [9.17, 15) is 4.79 Å². The summed E-state index contributed by atoms with van der Waals surface area (Å²) in [4.78, 5) is 10.8. The Morgan fingerprint density at radius 1 is 1.56 bits per heavy atom. The summed E-state index contributed by atoms with van der Waals surface area (Å²) in [7, 11) is 0. The number of rotatable bonds is 6. The highest BCUT2D eigenvalue weighted by Crippen LogP contribution is 2.21. The maximum absolute atomic E-state index is 10.8. The summed E-state index contributed by atoms with van der Waals surface area (Å²) in [5, 5.41) is 3.44. The van der Waals surface area contributed by atoms with Crippen molar-refractivity contribution in [2.45, 2.75) is 33.4 Å². The molecule has 4 heteroatoms. The third-order valence-electron chi connectivity index (χ3n) is 2.56. The van der Waals surface area contributed by atoms with Crippen molar-refractivity contribution in [3.63, 3.8) is 0 Å². The minimum Gasteiger partial charge on any atom is -0.368 e. The van der Waals surface area contributed by atoms with Crippen LogP contribution in [0.3, 0.4) is 0 Å². The van der Waals surface area contributed by atoms with Crippen LogP contribution in [0.1, 0.15) is 32.4 Å². The Kier molecular flexibility index (Phi) is 4.55. The predicted molar refractivity (Wildman–Crippen MR) is 64.9 cm³/mol. The molecule has 0 aliphatic carbocycles. The predicted octanol–water partition coefficient (Wildman–Crippen LogP) is 1.28. The van der Waals surface area contributed by atoms with Gasteiger partial charge >= 0.3 is 0 Å².